The molecule has 1 aliphatic rings. The van der Waals surface area contributed by atoms with E-state index in [1.165, 1.54) is 18.3 Å². The number of nitrogens with one attached hydrogen (secondary N) is 2. The second kappa shape index (κ2) is 6.77. The number of hydrogen-bond donors (Lipinski definition) is 2. The topological polar surface area (TPSA) is 71.1 Å². The molecule has 0 aromatic carbocycles. The number of carbonyl (C=O) groups is 2. The molecule has 5 nitrogen and oxygen atoms in total. The van der Waals surface area contributed by atoms with Crippen molar-refractivity contribution < 1.29 is 9.59 Å². The molecule has 122 valence electrons. The minimum atomic E-state index is -0.456. The quantitative estimate of drug-likeness (QED) is 0.894. The second-order valence-corrected chi connectivity index (χ2v) is 7.86. The highest BCUT2D eigenvalue weighted by Gasteiger charge is 2.32. The third-order valence-corrected chi connectivity index (χ3v) is 4.77. The van der Waals surface area contributed by atoms with Crippen LogP contribution in [0.2, 0.25) is 0 Å². The number of hydrogen-bond acceptors (Lipinski definition) is 4. The van der Waals surface area contributed by atoms with Crippen molar-refractivity contribution >= 4 is 28.3 Å². The van der Waals surface area contributed by atoms with Gasteiger partial charge in [-0.05, 0) is 18.8 Å². The molecule has 1 heterocycles. The Labute approximate surface area is 135 Å². The number of rotatable bonds is 4. The number of amides is 2. The molecule has 0 aliphatic heterocycles. The van der Waals surface area contributed by atoms with Gasteiger partial charge in [-0.25, -0.2) is 4.98 Å². The van der Waals surface area contributed by atoms with Crippen LogP contribution in [-0.4, -0.2) is 22.8 Å². The summed E-state index contributed by atoms with van der Waals surface area (Å²) in [5.41, 5.74) is 0.923. The molecule has 2 N–H and O–H groups in total. The molecule has 6 heteroatoms. The lowest BCUT2D eigenvalue weighted by atomic mass is 9.93. The Morgan fingerprint density at radius 1 is 1.32 bits per heavy atom. The summed E-state index contributed by atoms with van der Waals surface area (Å²) in [7, 11) is 0. The molecule has 1 saturated carbocycles. The highest BCUT2D eigenvalue weighted by Crippen LogP contribution is 2.30. The van der Waals surface area contributed by atoms with Crippen LogP contribution in [0.1, 0.15) is 59.1 Å². The molecule has 1 fully saturated rings. The Morgan fingerprint density at radius 3 is 2.45 bits per heavy atom. The van der Waals surface area contributed by atoms with Crippen LogP contribution in [0, 0.1) is 5.92 Å². The van der Waals surface area contributed by atoms with Gasteiger partial charge in [-0.3, -0.25) is 9.59 Å². The molecule has 0 spiro atoms. The number of aromatic nitrogens is 1. The van der Waals surface area contributed by atoms with Crippen LogP contribution in [-0.2, 0) is 15.0 Å². The lowest BCUT2D eigenvalue weighted by molar-refractivity contribution is -0.126. The first-order chi connectivity index (χ1) is 10.3. The highest BCUT2D eigenvalue weighted by atomic mass is 32.1. The van der Waals surface area contributed by atoms with Crippen molar-refractivity contribution in [2.45, 2.75) is 64.8 Å². The van der Waals surface area contributed by atoms with Crippen molar-refractivity contribution in [3.8, 4) is 0 Å². The molecule has 1 atom stereocenters. The molecule has 0 saturated heterocycles. The Morgan fingerprint density at radius 2 is 1.95 bits per heavy atom. The fourth-order valence-corrected chi connectivity index (χ4v) is 3.71. The lowest BCUT2D eigenvalue weighted by Gasteiger charge is -2.22. The number of carbonyl (C=O) groups excluding carboxylic acids is 2. The fraction of sp³-hybridized carbons (Fsp3) is 0.688. The predicted octanol–water partition coefficient (Wildman–Crippen LogP) is 3.07. The first-order valence-electron chi connectivity index (χ1n) is 7.81. The van der Waals surface area contributed by atoms with Crippen LogP contribution in [0.3, 0.4) is 0 Å². The van der Waals surface area contributed by atoms with Crippen LogP contribution in [0.25, 0.3) is 0 Å². The minimum absolute atomic E-state index is 0.0397. The maximum absolute atomic E-state index is 12.5. The monoisotopic (exact) mass is 323 g/mol. The van der Waals surface area contributed by atoms with E-state index in [4.69, 9.17) is 0 Å². The van der Waals surface area contributed by atoms with E-state index in [1.807, 2.05) is 5.38 Å². The van der Waals surface area contributed by atoms with Gasteiger partial charge in [-0.15, -0.1) is 11.3 Å². The normalized spacial score (nSPS) is 17.3. The molecule has 0 radical (unpaired) electrons. The summed E-state index contributed by atoms with van der Waals surface area (Å²) >= 11 is 1.43. The zero-order valence-electron chi connectivity index (χ0n) is 13.7. The SMILES string of the molecule is CC(=O)N[C@@H](C(=O)Nc1nc(C(C)(C)C)cs1)C1CCCC1. The van der Waals surface area contributed by atoms with E-state index in [1.54, 1.807) is 0 Å². The molecule has 2 rings (SSSR count). The predicted molar refractivity (Wildman–Crippen MR) is 89.0 cm³/mol. The maximum Gasteiger partial charge on any atom is 0.249 e. The first kappa shape index (κ1) is 16.9. The van der Waals surface area contributed by atoms with E-state index in [2.05, 4.69) is 36.4 Å². The molecule has 1 aromatic rings. The maximum atomic E-state index is 12.5. The van der Waals surface area contributed by atoms with Crippen LogP contribution in [0.5, 0.6) is 0 Å². The fourth-order valence-electron chi connectivity index (χ4n) is 2.77. The van der Waals surface area contributed by atoms with Gasteiger partial charge in [0.1, 0.15) is 6.04 Å². The third-order valence-electron chi connectivity index (χ3n) is 4.02. The Bertz CT molecular complexity index is 542. The summed E-state index contributed by atoms with van der Waals surface area (Å²) in [5, 5.41) is 8.25. The summed E-state index contributed by atoms with van der Waals surface area (Å²) in [6, 6.07) is -0.456. The Hall–Kier alpha value is -1.43. The van der Waals surface area contributed by atoms with Crippen molar-refractivity contribution in [2.75, 3.05) is 5.32 Å². The molecule has 1 aliphatic carbocycles. The molecule has 1 aromatic heterocycles. The highest BCUT2D eigenvalue weighted by molar-refractivity contribution is 7.14. The van der Waals surface area contributed by atoms with Crippen LogP contribution < -0.4 is 10.6 Å². The van der Waals surface area contributed by atoms with Crippen molar-refractivity contribution in [1.82, 2.24) is 10.3 Å². The Kier molecular flexibility index (Phi) is 5.21. The van der Waals surface area contributed by atoms with Gasteiger partial charge in [-0.2, -0.15) is 0 Å². The standard InChI is InChI=1S/C16H25N3O2S/c1-10(20)17-13(11-7-5-6-8-11)14(21)19-15-18-12(9-22-15)16(2,3)4/h9,11,13H,5-8H2,1-4H3,(H,17,20)(H,18,19,21)/t13-/m1/s1. The van der Waals surface area contributed by atoms with Crippen molar-refractivity contribution in [1.29, 1.82) is 0 Å². The summed E-state index contributed by atoms with van der Waals surface area (Å²) in [6.07, 6.45) is 4.23. The lowest BCUT2D eigenvalue weighted by Crippen LogP contribution is -2.47. The summed E-state index contributed by atoms with van der Waals surface area (Å²) < 4.78 is 0. The average molecular weight is 323 g/mol. The first-order valence-corrected chi connectivity index (χ1v) is 8.69. The van der Waals surface area contributed by atoms with Gasteiger partial charge >= 0.3 is 0 Å². The van der Waals surface area contributed by atoms with Gasteiger partial charge in [-0.1, -0.05) is 33.6 Å². The molecule has 0 unspecified atom stereocenters. The van der Waals surface area contributed by atoms with Gasteiger partial charge in [0.2, 0.25) is 11.8 Å². The van der Waals surface area contributed by atoms with Gasteiger partial charge in [0.05, 0.1) is 5.69 Å². The number of nitrogens with zero attached hydrogens (tertiary/aromatic N) is 1. The van der Waals surface area contributed by atoms with Gasteiger partial charge < -0.3 is 10.6 Å². The molecule has 0 bridgehead atoms. The van der Waals surface area contributed by atoms with E-state index in [9.17, 15) is 9.59 Å². The van der Waals surface area contributed by atoms with E-state index in [-0.39, 0.29) is 23.1 Å². The molecule has 22 heavy (non-hydrogen) atoms. The number of anilines is 1. The molecular weight excluding hydrogens is 298 g/mol. The van der Waals surface area contributed by atoms with Gasteiger partial charge in [0.15, 0.2) is 5.13 Å². The van der Waals surface area contributed by atoms with E-state index < -0.39 is 6.04 Å². The number of thiazole rings is 1. The van der Waals surface area contributed by atoms with E-state index >= 15 is 0 Å². The zero-order chi connectivity index (χ0) is 16.3. The summed E-state index contributed by atoms with van der Waals surface area (Å²) in [6.45, 7) is 7.72. The largest absolute Gasteiger partial charge is 0.344 e. The molecule has 2 amide bonds. The van der Waals surface area contributed by atoms with E-state index in [0.717, 1.165) is 31.4 Å². The zero-order valence-corrected chi connectivity index (χ0v) is 14.5. The van der Waals surface area contributed by atoms with Crippen LogP contribution in [0.4, 0.5) is 5.13 Å². The second-order valence-electron chi connectivity index (χ2n) is 7.00. The van der Waals surface area contributed by atoms with Crippen LogP contribution >= 0.6 is 11.3 Å². The van der Waals surface area contributed by atoms with Gasteiger partial charge in [0, 0.05) is 17.7 Å². The van der Waals surface area contributed by atoms with E-state index in [0.29, 0.717) is 5.13 Å². The minimum Gasteiger partial charge on any atom is -0.344 e. The smallest absolute Gasteiger partial charge is 0.249 e. The van der Waals surface area contributed by atoms with Crippen molar-refractivity contribution in [2.24, 2.45) is 5.92 Å². The third kappa shape index (κ3) is 4.29. The Balaban J connectivity index is 2.07. The summed E-state index contributed by atoms with van der Waals surface area (Å²) in [4.78, 5) is 28.4. The van der Waals surface area contributed by atoms with Crippen molar-refractivity contribution in [3.63, 3.8) is 0 Å². The summed E-state index contributed by atoms with van der Waals surface area (Å²) in [5.74, 6) is -0.0931. The van der Waals surface area contributed by atoms with Gasteiger partial charge in [0.25, 0.3) is 0 Å². The van der Waals surface area contributed by atoms with Crippen molar-refractivity contribution in [3.05, 3.63) is 11.1 Å². The van der Waals surface area contributed by atoms with Crippen LogP contribution in [0.15, 0.2) is 5.38 Å². The average Bonchev–Trinajstić information content (AvgIpc) is 3.05. The molecular formula is C16H25N3O2S.